The molecule has 0 aliphatic rings. The normalized spacial score (nSPS) is 12.2. The number of amides is 1. The predicted octanol–water partition coefficient (Wildman–Crippen LogP) is 2.40. The average molecular weight is 206 g/mol. The van der Waals surface area contributed by atoms with Crippen molar-refractivity contribution >= 4 is 5.91 Å². The van der Waals surface area contributed by atoms with Crippen LogP contribution in [0.15, 0.2) is 24.5 Å². The second-order valence-corrected chi connectivity index (χ2v) is 3.72. The van der Waals surface area contributed by atoms with Gasteiger partial charge in [-0.05, 0) is 25.0 Å². The Morgan fingerprint density at radius 3 is 2.87 bits per heavy atom. The van der Waals surface area contributed by atoms with E-state index >= 15 is 0 Å². The van der Waals surface area contributed by atoms with E-state index in [1.807, 2.05) is 33.0 Å². The van der Waals surface area contributed by atoms with E-state index in [1.165, 1.54) is 0 Å². The van der Waals surface area contributed by atoms with Crippen LogP contribution in [0.5, 0.6) is 0 Å². The smallest absolute Gasteiger partial charge is 0.222 e. The largest absolute Gasteiger partial charge is 0.339 e. The maximum Gasteiger partial charge on any atom is 0.222 e. The van der Waals surface area contributed by atoms with Crippen molar-refractivity contribution in [2.45, 2.75) is 32.7 Å². The van der Waals surface area contributed by atoms with Crippen LogP contribution in [0.1, 0.15) is 38.3 Å². The molecule has 0 bridgehead atoms. The van der Waals surface area contributed by atoms with Gasteiger partial charge in [-0.25, -0.2) is 0 Å². The maximum absolute atomic E-state index is 11.7. The lowest BCUT2D eigenvalue weighted by atomic mass is 10.1. The molecule has 0 saturated heterocycles. The van der Waals surface area contributed by atoms with Crippen LogP contribution in [0.3, 0.4) is 0 Å². The van der Waals surface area contributed by atoms with E-state index in [4.69, 9.17) is 0 Å². The molecule has 0 saturated carbocycles. The Balaban J connectivity index is 2.68. The van der Waals surface area contributed by atoms with Gasteiger partial charge in [0.05, 0.1) is 6.04 Å². The van der Waals surface area contributed by atoms with Crippen LogP contribution in [-0.4, -0.2) is 22.8 Å². The molecule has 0 spiro atoms. The van der Waals surface area contributed by atoms with Gasteiger partial charge in [-0.3, -0.25) is 9.78 Å². The van der Waals surface area contributed by atoms with Crippen LogP contribution in [0.25, 0.3) is 0 Å². The van der Waals surface area contributed by atoms with Gasteiger partial charge in [0.25, 0.3) is 0 Å². The summed E-state index contributed by atoms with van der Waals surface area (Å²) < 4.78 is 0. The molecule has 1 amide bonds. The lowest BCUT2D eigenvalue weighted by Gasteiger charge is -2.24. The lowest BCUT2D eigenvalue weighted by Crippen LogP contribution is -2.29. The Morgan fingerprint density at radius 1 is 1.60 bits per heavy atom. The van der Waals surface area contributed by atoms with E-state index in [2.05, 4.69) is 4.98 Å². The molecule has 0 aliphatic carbocycles. The van der Waals surface area contributed by atoms with Crippen molar-refractivity contribution in [2.24, 2.45) is 0 Å². The van der Waals surface area contributed by atoms with Crippen molar-refractivity contribution in [3.63, 3.8) is 0 Å². The molecule has 1 aromatic rings. The minimum absolute atomic E-state index is 0.0951. The highest BCUT2D eigenvalue weighted by molar-refractivity contribution is 5.76. The highest BCUT2D eigenvalue weighted by atomic mass is 16.2. The summed E-state index contributed by atoms with van der Waals surface area (Å²) in [5.74, 6) is 0.189. The molecular formula is C12H18N2O. The van der Waals surface area contributed by atoms with Gasteiger partial charge >= 0.3 is 0 Å². The number of aromatic nitrogens is 1. The highest BCUT2D eigenvalue weighted by Gasteiger charge is 2.16. The molecule has 1 heterocycles. The molecule has 15 heavy (non-hydrogen) atoms. The Kier molecular flexibility index (Phi) is 4.28. The summed E-state index contributed by atoms with van der Waals surface area (Å²) in [6.07, 6.45) is 5.05. The van der Waals surface area contributed by atoms with Gasteiger partial charge in [-0.15, -0.1) is 0 Å². The molecule has 0 fully saturated rings. The molecule has 0 N–H and O–H groups in total. The van der Waals surface area contributed by atoms with Gasteiger partial charge in [0.15, 0.2) is 0 Å². The zero-order valence-electron chi connectivity index (χ0n) is 9.60. The van der Waals surface area contributed by atoms with Crippen LogP contribution >= 0.6 is 0 Å². The number of carbonyl (C=O) groups excluding carboxylic acids is 1. The van der Waals surface area contributed by atoms with E-state index in [-0.39, 0.29) is 11.9 Å². The molecule has 82 valence electrons. The van der Waals surface area contributed by atoms with Gasteiger partial charge in [0.2, 0.25) is 5.91 Å². The first-order chi connectivity index (χ1) is 7.16. The van der Waals surface area contributed by atoms with Crippen molar-refractivity contribution in [1.29, 1.82) is 0 Å². The SMILES string of the molecule is CCCC(=O)N(C)C(C)c1cccnc1. The van der Waals surface area contributed by atoms with Crippen molar-refractivity contribution in [3.8, 4) is 0 Å². The third kappa shape index (κ3) is 3.05. The van der Waals surface area contributed by atoms with Gasteiger partial charge in [0, 0.05) is 25.9 Å². The Morgan fingerprint density at radius 2 is 2.33 bits per heavy atom. The summed E-state index contributed by atoms with van der Waals surface area (Å²) >= 11 is 0. The van der Waals surface area contributed by atoms with Gasteiger partial charge in [-0.2, -0.15) is 0 Å². The third-order valence-electron chi connectivity index (χ3n) is 2.61. The summed E-state index contributed by atoms with van der Waals surface area (Å²) in [7, 11) is 1.84. The van der Waals surface area contributed by atoms with E-state index in [0.29, 0.717) is 6.42 Å². The molecular weight excluding hydrogens is 188 g/mol. The zero-order valence-corrected chi connectivity index (χ0v) is 9.60. The van der Waals surface area contributed by atoms with E-state index in [0.717, 1.165) is 12.0 Å². The first kappa shape index (κ1) is 11.7. The van der Waals surface area contributed by atoms with Gasteiger partial charge in [-0.1, -0.05) is 13.0 Å². The number of rotatable bonds is 4. The first-order valence-corrected chi connectivity index (χ1v) is 5.32. The van der Waals surface area contributed by atoms with Crippen molar-refractivity contribution in [1.82, 2.24) is 9.88 Å². The molecule has 0 radical (unpaired) electrons. The van der Waals surface area contributed by atoms with E-state index in [9.17, 15) is 4.79 Å². The quantitative estimate of drug-likeness (QED) is 0.758. The maximum atomic E-state index is 11.7. The summed E-state index contributed by atoms with van der Waals surface area (Å²) in [5, 5.41) is 0. The molecule has 1 rings (SSSR count). The number of carbonyl (C=O) groups is 1. The summed E-state index contributed by atoms with van der Waals surface area (Å²) in [6, 6.07) is 3.98. The fourth-order valence-electron chi connectivity index (χ4n) is 1.45. The topological polar surface area (TPSA) is 33.2 Å². The van der Waals surface area contributed by atoms with Crippen LogP contribution in [0.4, 0.5) is 0 Å². The predicted molar refractivity (Wildman–Crippen MR) is 60.3 cm³/mol. The summed E-state index contributed by atoms with van der Waals surface area (Å²) in [4.78, 5) is 17.5. The molecule has 0 aromatic carbocycles. The van der Waals surface area contributed by atoms with Crippen molar-refractivity contribution in [3.05, 3.63) is 30.1 Å². The molecule has 1 unspecified atom stereocenters. The first-order valence-electron chi connectivity index (χ1n) is 5.32. The van der Waals surface area contributed by atoms with E-state index in [1.54, 1.807) is 17.3 Å². The average Bonchev–Trinajstić information content (AvgIpc) is 2.28. The Hall–Kier alpha value is -1.38. The molecule has 1 atom stereocenters. The van der Waals surface area contributed by atoms with Crippen LogP contribution in [0, 0.1) is 0 Å². The second kappa shape index (κ2) is 5.49. The number of nitrogens with zero attached hydrogens (tertiary/aromatic N) is 2. The van der Waals surface area contributed by atoms with E-state index < -0.39 is 0 Å². The summed E-state index contributed by atoms with van der Waals surface area (Å²) in [6.45, 7) is 4.03. The Labute approximate surface area is 91.1 Å². The van der Waals surface area contributed by atoms with Crippen LogP contribution in [0.2, 0.25) is 0 Å². The molecule has 3 heteroatoms. The lowest BCUT2D eigenvalue weighted by molar-refractivity contribution is -0.131. The zero-order chi connectivity index (χ0) is 11.3. The number of hydrogen-bond acceptors (Lipinski definition) is 2. The molecule has 3 nitrogen and oxygen atoms in total. The number of hydrogen-bond donors (Lipinski definition) is 0. The van der Waals surface area contributed by atoms with Crippen molar-refractivity contribution in [2.75, 3.05) is 7.05 Å². The minimum atomic E-state index is 0.0951. The van der Waals surface area contributed by atoms with Crippen LogP contribution in [-0.2, 0) is 4.79 Å². The minimum Gasteiger partial charge on any atom is -0.339 e. The van der Waals surface area contributed by atoms with Gasteiger partial charge in [0.1, 0.15) is 0 Å². The fourth-order valence-corrected chi connectivity index (χ4v) is 1.45. The highest BCUT2D eigenvalue weighted by Crippen LogP contribution is 2.18. The number of pyridine rings is 1. The monoisotopic (exact) mass is 206 g/mol. The summed E-state index contributed by atoms with van der Waals surface area (Å²) in [5.41, 5.74) is 1.07. The van der Waals surface area contributed by atoms with Gasteiger partial charge < -0.3 is 4.90 Å². The fraction of sp³-hybridized carbons (Fsp3) is 0.500. The van der Waals surface area contributed by atoms with Crippen molar-refractivity contribution < 1.29 is 4.79 Å². The standard InChI is InChI=1S/C12H18N2O/c1-4-6-12(15)14(3)10(2)11-7-5-8-13-9-11/h5,7-10H,4,6H2,1-3H3. The third-order valence-corrected chi connectivity index (χ3v) is 2.61. The second-order valence-electron chi connectivity index (χ2n) is 3.72. The molecule has 0 aliphatic heterocycles. The molecule has 1 aromatic heterocycles. The van der Waals surface area contributed by atoms with Crippen LogP contribution < -0.4 is 0 Å². The Bertz CT molecular complexity index is 311.